The zero-order valence-corrected chi connectivity index (χ0v) is 14.9. The Morgan fingerprint density at radius 1 is 1.29 bits per heavy atom. The average molecular weight is 390 g/mol. The van der Waals surface area contributed by atoms with Crippen LogP contribution < -0.4 is 4.72 Å². The van der Waals surface area contributed by atoms with Gasteiger partial charge in [0.2, 0.25) is 10.0 Å². The number of sulfonamides is 1. The van der Waals surface area contributed by atoms with E-state index in [1.807, 2.05) is 19.9 Å². The highest BCUT2D eigenvalue weighted by Gasteiger charge is 2.18. The smallest absolute Gasteiger partial charge is 0.242 e. The molecule has 21 heavy (non-hydrogen) atoms. The van der Waals surface area contributed by atoms with Crippen LogP contribution in [-0.4, -0.2) is 13.5 Å². The van der Waals surface area contributed by atoms with Crippen LogP contribution in [-0.2, 0) is 23.2 Å². The number of aryl methyl sites for hydroxylation is 2. The van der Waals surface area contributed by atoms with Crippen LogP contribution in [0.25, 0.3) is 0 Å². The summed E-state index contributed by atoms with van der Waals surface area (Å²) in [6.07, 6.45) is 0. The van der Waals surface area contributed by atoms with Crippen LogP contribution >= 0.6 is 27.3 Å². The first-order valence-corrected chi connectivity index (χ1v) is 9.37. The number of hydrogen-bond donors (Lipinski definition) is 2. The van der Waals surface area contributed by atoms with Gasteiger partial charge in [-0.2, -0.15) is 0 Å². The molecule has 1 heterocycles. The Kier molecular flexibility index (Phi) is 5.21. The van der Waals surface area contributed by atoms with E-state index in [1.165, 1.54) is 10.9 Å². The molecular formula is C14H16BrNO3S2. The second-order valence-electron chi connectivity index (χ2n) is 4.70. The average Bonchev–Trinajstić information content (AvgIpc) is 2.76. The maximum absolute atomic E-state index is 12.4. The molecule has 0 saturated heterocycles. The fourth-order valence-corrected chi connectivity index (χ4v) is 4.94. The van der Waals surface area contributed by atoms with E-state index < -0.39 is 10.0 Å². The summed E-state index contributed by atoms with van der Waals surface area (Å²) >= 11 is 4.82. The molecule has 0 amide bonds. The van der Waals surface area contributed by atoms with E-state index in [1.54, 1.807) is 23.5 Å². The Labute approximate surface area is 137 Å². The lowest BCUT2D eigenvalue weighted by Crippen LogP contribution is -2.23. The topological polar surface area (TPSA) is 66.4 Å². The molecule has 0 fully saturated rings. The number of hydrogen-bond acceptors (Lipinski definition) is 4. The number of rotatable bonds is 5. The first kappa shape index (κ1) is 16.6. The molecule has 1 aromatic heterocycles. The minimum atomic E-state index is -3.63. The van der Waals surface area contributed by atoms with Crippen LogP contribution in [0, 0.1) is 13.8 Å². The third kappa shape index (κ3) is 3.92. The fraction of sp³-hybridized carbons (Fsp3) is 0.286. The van der Waals surface area contributed by atoms with Crippen LogP contribution in [0.4, 0.5) is 0 Å². The van der Waals surface area contributed by atoms with Gasteiger partial charge in [0.25, 0.3) is 0 Å². The lowest BCUT2D eigenvalue weighted by atomic mass is 10.2. The predicted molar refractivity (Wildman–Crippen MR) is 87.9 cm³/mol. The van der Waals surface area contributed by atoms with Crippen molar-refractivity contribution >= 4 is 37.3 Å². The molecule has 4 nitrogen and oxygen atoms in total. The standard InChI is InChI=1S/C14H16BrNO3S2/c1-9-5-12(20-10(9)2)7-16-21(18,19)14-6-11(8-17)3-4-13(14)15/h3-6,16-17H,7-8H2,1-2H3. The van der Waals surface area contributed by atoms with Gasteiger partial charge in [0.15, 0.2) is 0 Å². The van der Waals surface area contributed by atoms with Crippen LogP contribution in [0.1, 0.15) is 20.9 Å². The van der Waals surface area contributed by atoms with E-state index >= 15 is 0 Å². The van der Waals surface area contributed by atoms with Gasteiger partial charge in [-0.05, 0) is 59.1 Å². The fourth-order valence-electron chi connectivity index (χ4n) is 1.83. The maximum atomic E-state index is 12.4. The van der Waals surface area contributed by atoms with Crippen molar-refractivity contribution in [1.82, 2.24) is 4.72 Å². The van der Waals surface area contributed by atoms with Crippen LogP contribution in [0.2, 0.25) is 0 Å². The minimum absolute atomic E-state index is 0.138. The van der Waals surface area contributed by atoms with Gasteiger partial charge >= 0.3 is 0 Å². The molecule has 0 spiro atoms. The van der Waals surface area contributed by atoms with E-state index in [9.17, 15) is 8.42 Å². The second kappa shape index (κ2) is 6.58. The Bertz CT molecular complexity index is 734. The zero-order chi connectivity index (χ0) is 15.6. The summed E-state index contributed by atoms with van der Waals surface area (Å²) in [4.78, 5) is 2.30. The van der Waals surface area contributed by atoms with Crippen molar-refractivity contribution in [2.45, 2.75) is 31.9 Å². The van der Waals surface area contributed by atoms with Gasteiger partial charge in [-0.3, -0.25) is 0 Å². The van der Waals surface area contributed by atoms with E-state index in [-0.39, 0.29) is 18.0 Å². The molecule has 1 aromatic carbocycles. The highest BCUT2D eigenvalue weighted by molar-refractivity contribution is 9.10. The van der Waals surface area contributed by atoms with Crippen molar-refractivity contribution in [2.24, 2.45) is 0 Å². The monoisotopic (exact) mass is 389 g/mol. The summed E-state index contributed by atoms with van der Waals surface area (Å²) in [6.45, 7) is 4.08. The van der Waals surface area contributed by atoms with Gasteiger partial charge in [0.1, 0.15) is 0 Å². The number of benzene rings is 1. The summed E-state index contributed by atoms with van der Waals surface area (Å²) in [5, 5.41) is 9.13. The molecule has 0 saturated carbocycles. The minimum Gasteiger partial charge on any atom is -0.392 e. The molecule has 0 atom stereocenters. The van der Waals surface area contributed by atoms with Gasteiger partial charge < -0.3 is 5.11 Å². The van der Waals surface area contributed by atoms with Gasteiger partial charge in [-0.1, -0.05) is 6.07 Å². The van der Waals surface area contributed by atoms with E-state index in [4.69, 9.17) is 5.11 Å². The number of nitrogens with one attached hydrogen (secondary N) is 1. The molecule has 0 aliphatic rings. The van der Waals surface area contributed by atoms with Crippen molar-refractivity contribution < 1.29 is 13.5 Å². The zero-order valence-electron chi connectivity index (χ0n) is 11.7. The van der Waals surface area contributed by atoms with E-state index in [0.717, 1.165) is 10.4 Å². The summed E-state index contributed by atoms with van der Waals surface area (Å²) in [6, 6.07) is 6.76. The summed E-state index contributed by atoms with van der Waals surface area (Å²) in [5.41, 5.74) is 1.72. The molecule has 0 bridgehead atoms. The van der Waals surface area contributed by atoms with Gasteiger partial charge in [0.05, 0.1) is 11.5 Å². The molecule has 0 aliphatic carbocycles. The molecule has 0 aliphatic heterocycles. The molecular weight excluding hydrogens is 374 g/mol. The molecule has 0 unspecified atom stereocenters. The molecule has 2 aromatic rings. The van der Waals surface area contributed by atoms with Gasteiger partial charge in [0, 0.05) is 20.8 Å². The predicted octanol–water partition coefficient (Wildman–Crippen LogP) is 3.10. The number of aliphatic hydroxyl groups is 1. The van der Waals surface area contributed by atoms with Crippen molar-refractivity contribution in [3.8, 4) is 0 Å². The van der Waals surface area contributed by atoms with E-state index in [2.05, 4.69) is 20.7 Å². The van der Waals surface area contributed by atoms with Crippen LogP contribution in [0.15, 0.2) is 33.6 Å². The Morgan fingerprint density at radius 2 is 2.00 bits per heavy atom. The first-order valence-electron chi connectivity index (χ1n) is 6.28. The quantitative estimate of drug-likeness (QED) is 0.825. The highest BCUT2D eigenvalue weighted by Crippen LogP contribution is 2.25. The molecule has 2 rings (SSSR count). The molecule has 2 N–H and O–H groups in total. The summed E-state index contributed by atoms with van der Waals surface area (Å²) in [7, 11) is -3.63. The normalized spacial score (nSPS) is 11.8. The van der Waals surface area contributed by atoms with Crippen molar-refractivity contribution in [3.63, 3.8) is 0 Å². The molecule has 0 radical (unpaired) electrons. The van der Waals surface area contributed by atoms with Gasteiger partial charge in [-0.25, -0.2) is 13.1 Å². The third-order valence-corrected chi connectivity index (χ3v) is 6.67. The lowest BCUT2D eigenvalue weighted by Gasteiger charge is -2.09. The Hall–Kier alpha value is -0.730. The third-order valence-electron chi connectivity index (χ3n) is 3.12. The van der Waals surface area contributed by atoms with Crippen molar-refractivity contribution in [2.75, 3.05) is 0 Å². The molecule has 7 heteroatoms. The number of halogens is 1. The van der Waals surface area contributed by atoms with Crippen molar-refractivity contribution in [1.29, 1.82) is 0 Å². The Morgan fingerprint density at radius 3 is 2.57 bits per heavy atom. The second-order valence-corrected chi connectivity index (χ2v) is 8.63. The lowest BCUT2D eigenvalue weighted by molar-refractivity contribution is 0.281. The molecule has 114 valence electrons. The van der Waals surface area contributed by atoms with Crippen molar-refractivity contribution in [3.05, 3.63) is 49.6 Å². The number of thiophene rings is 1. The summed E-state index contributed by atoms with van der Waals surface area (Å²) in [5.74, 6) is 0. The largest absolute Gasteiger partial charge is 0.392 e. The van der Waals surface area contributed by atoms with Crippen LogP contribution in [0.3, 0.4) is 0 Å². The maximum Gasteiger partial charge on any atom is 0.242 e. The van der Waals surface area contributed by atoms with Crippen LogP contribution in [0.5, 0.6) is 0 Å². The highest BCUT2D eigenvalue weighted by atomic mass is 79.9. The SMILES string of the molecule is Cc1cc(CNS(=O)(=O)c2cc(CO)ccc2Br)sc1C. The Balaban J connectivity index is 2.22. The van der Waals surface area contributed by atoms with E-state index in [0.29, 0.717) is 10.0 Å². The summed E-state index contributed by atoms with van der Waals surface area (Å²) < 4.78 is 27.8. The number of aliphatic hydroxyl groups excluding tert-OH is 1. The van der Waals surface area contributed by atoms with Gasteiger partial charge in [-0.15, -0.1) is 11.3 Å². The first-order chi connectivity index (χ1) is 9.83.